The highest BCUT2D eigenvalue weighted by Crippen LogP contribution is 2.24. The summed E-state index contributed by atoms with van der Waals surface area (Å²) in [6.45, 7) is 1.68. The number of aryl methyl sites for hydroxylation is 1. The average Bonchev–Trinajstić information content (AvgIpc) is 3.11. The van der Waals surface area contributed by atoms with Gasteiger partial charge in [-0.25, -0.2) is 9.38 Å². The molecule has 0 atom stereocenters. The van der Waals surface area contributed by atoms with Gasteiger partial charge in [-0.15, -0.1) is 0 Å². The number of carbonyl (C=O) groups is 2. The fraction of sp³-hybridized carbons (Fsp3) is 0.0476. The highest BCUT2D eigenvalue weighted by Gasteiger charge is 2.26. The first-order valence-corrected chi connectivity index (χ1v) is 11.3. The zero-order valence-electron chi connectivity index (χ0n) is 16.0. The summed E-state index contributed by atoms with van der Waals surface area (Å²) >= 11 is 9.03. The maximum Gasteiger partial charge on any atom is 0.274 e. The SMILES string of the molecule is Cc1cc(=O)n2c(C(=O)Nc3ccc(I)cc3)c(C(=O)Nc3ccc(Cl)cc3)sc2n1. The summed E-state index contributed by atoms with van der Waals surface area (Å²) in [5, 5.41) is 6.02. The zero-order chi connectivity index (χ0) is 22.1. The Morgan fingerprint density at radius 2 is 1.58 bits per heavy atom. The van der Waals surface area contributed by atoms with E-state index in [-0.39, 0.29) is 15.5 Å². The maximum atomic E-state index is 13.1. The van der Waals surface area contributed by atoms with Gasteiger partial charge >= 0.3 is 0 Å². The Balaban J connectivity index is 1.78. The lowest BCUT2D eigenvalue weighted by Crippen LogP contribution is -2.25. The van der Waals surface area contributed by atoms with Crippen LogP contribution in [0.3, 0.4) is 0 Å². The van der Waals surface area contributed by atoms with Gasteiger partial charge < -0.3 is 10.6 Å². The summed E-state index contributed by atoms with van der Waals surface area (Å²) in [6.07, 6.45) is 0. The number of anilines is 2. The van der Waals surface area contributed by atoms with Crippen molar-refractivity contribution in [2.45, 2.75) is 6.92 Å². The Morgan fingerprint density at radius 1 is 1.00 bits per heavy atom. The van der Waals surface area contributed by atoms with Crippen LogP contribution in [0.5, 0.6) is 0 Å². The number of hydrogen-bond acceptors (Lipinski definition) is 5. The van der Waals surface area contributed by atoms with E-state index in [1.807, 2.05) is 12.1 Å². The Hall–Kier alpha value is -2.76. The fourth-order valence-electron chi connectivity index (χ4n) is 2.89. The van der Waals surface area contributed by atoms with Crippen molar-refractivity contribution < 1.29 is 9.59 Å². The van der Waals surface area contributed by atoms with E-state index < -0.39 is 17.4 Å². The molecular formula is C21H14ClIN4O3S. The predicted molar refractivity (Wildman–Crippen MR) is 131 cm³/mol. The number of rotatable bonds is 4. The molecule has 0 aliphatic carbocycles. The maximum absolute atomic E-state index is 13.1. The molecule has 4 rings (SSSR count). The van der Waals surface area contributed by atoms with Crippen molar-refractivity contribution in [2.75, 3.05) is 10.6 Å². The highest BCUT2D eigenvalue weighted by molar-refractivity contribution is 14.1. The second kappa shape index (κ2) is 8.77. The number of fused-ring (bicyclic) bond motifs is 1. The lowest BCUT2D eigenvalue weighted by molar-refractivity contribution is 0.0989. The second-order valence-corrected chi connectivity index (χ2v) is 9.22. The number of aromatic nitrogens is 2. The minimum atomic E-state index is -0.582. The molecule has 156 valence electrons. The minimum absolute atomic E-state index is 0.0671. The fourth-order valence-corrected chi connectivity index (χ4v) is 4.44. The molecule has 0 fully saturated rings. The second-order valence-electron chi connectivity index (χ2n) is 6.56. The van der Waals surface area contributed by atoms with Gasteiger partial charge in [-0.05, 0) is 78.0 Å². The summed E-state index contributed by atoms with van der Waals surface area (Å²) in [5.74, 6) is -1.11. The van der Waals surface area contributed by atoms with Crippen molar-refractivity contribution in [1.82, 2.24) is 9.38 Å². The van der Waals surface area contributed by atoms with Crippen molar-refractivity contribution >= 4 is 73.7 Å². The van der Waals surface area contributed by atoms with Crippen molar-refractivity contribution in [2.24, 2.45) is 0 Å². The van der Waals surface area contributed by atoms with Crippen LogP contribution >= 0.6 is 45.5 Å². The van der Waals surface area contributed by atoms with Crippen LogP contribution in [-0.4, -0.2) is 21.2 Å². The molecule has 7 nitrogen and oxygen atoms in total. The highest BCUT2D eigenvalue weighted by atomic mass is 127. The van der Waals surface area contributed by atoms with Crippen molar-refractivity contribution in [3.63, 3.8) is 0 Å². The number of halogens is 2. The Morgan fingerprint density at radius 3 is 2.23 bits per heavy atom. The smallest absolute Gasteiger partial charge is 0.274 e. The molecule has 0 bridgehead atoms. The molecule has 2 amide bonds. The summed E-state index contributed by atoms with van der Waals surface area (Å²) in [4.78, 5) is 43.5. The van der Waals surface area contributed by atoms with Crippen molar-refractivity contribution in [1.29, 1.82) is 0 Å². The third kappa shape index (κ3) is 4.63. The molecule has 10 heteroatoms. The Kier molecular flexibility index (Phi) is 6.08. The third-order valence-electron chi connectivity index (χ3n) is 4.27. The molecule has 0 aliphatic rings. The topological polar surface area (TPSA) is 92.6 Å². The van der Waals surface area contributed by atoms with E-state index in [9.17, 15) is 14.4 Å². The van der Waals surface area contributed by atoms with Gasteiger partial charge in [0.05, 0.1) is 0 Å². The van der Waals surface area contributed by atoms with E-state index in [4.69, 9.17) is 11.6 Å². The van der Waals surface area contributed by atoms with Gasteiger partial charge in [0.15, 0.2) is 4.96 Å². The monoisotopic (exact) mass is 564 g/mol. The molecule has 2 N–H and O–H groups in total. The molecule has 0 saturated heterocycles. The number of benzene rings is 2. The average molecular weight is 565 g/mol. The molecule has 0 unspecified atom stereocenters. The Labute approximate surface area is 199 Å². The van der Waals surface area contributed by atoms with Crippen molar-refractivity contribution in [3.8, 4) is 0 Å². The van der Waals surface area contributed by atoms with Gasteiger partial charge in [0.25, 0.3) is 17.4 Å². The minimum Gasteiger partial charge on any atom is -0.321 e. The van der Waals surface area contributed by atoms with Crippen LogP contribution in [0.15, 0.2) is 59.4 Å². The molecule has 0 aliphatic heterocycles. The molecule has 2 aromatic carbocycles. The van der Waals surface area contributed by atoms with Gasteiger partial charge in [-0.3, -0.25) is 14.4 Å². The molecule has 0 radical (unpaired) electrons. The van der Waals surface area contributed by atoms with Gasteiger partial charge in [0.1, 0.15) is 10.6 Å². The van der Waals surface area contributed by atoms with E-state index >= 15 is 0 Å². The first-order chi connectivity index (χ1) is 14.8. The van der Waals surface area contributed by atoms with Crippen molar-refractivity contribution in [3.05, 3.63) is 89.8 Å². The van der Waals surface area contributed by atoms with Crippen LogP contribution in [0.4, 0.5) is 11.4 Å². The van der Waals surface area contributed by atoms with E-state index in [0.29, 0.717) is 22.1 Å². The molecule has 2 heterocycles. The normalized spacial score (nSPS) is 10.8. The van der Waals surface area contributed by atoms with E-state index in [1.165, 1.54) is 6.07 Å². The van der Waals surface area contributed by atoms with Gasteiger partial charge in [-0.1, -0.05) is 22.9 Å². The van der Waals surface area contributed by atoms with Crippen LogP contribution in [0.2, 0.25) is 5.02 Å². The number of carbonyl (C=O) groups excluding carboxylic acids is 2. The van der Waals surface area contributed by atoms with Crippen LogP contribution in [0.25, 0.3) is 4.96 Å². The van der Waals surface area contributed by atoms with Gasteiger partial charge in [-0.2, -0.15) is 0 Å². The van der Waals surface area contributed by atoms with Crippen LogP contribution in [0.1, 0.15) is 25.9 Å². The standard InChI is InChI=1S/C21H14ClIN4O3S/c1-11-10-16(28)27-17(19(29)25-15-8-4-13(23)5-9-15)18(31-21(27)24-11)20(30)26-14-6-2-12(22)3-7-14/h2-10H,1H3,(H,25,29)(H,26,30). The summed E-state index contributed by atoms with van der Waals surface area (Å²) < 4.78 is 2.17. The summed E-state index contributed by atoms with van der Waals surface area (Å²) in [5.41, 5.74) is 1.05. The van der Waals surface area contributed by atoms with Gasteiger partial charge in [0.2, 0.25) is 0 Å². The summed E-state index contributed by atoms with van der Waals surface area (Å²) in [6, 6.07) is 15.1. The van der Waals surface area contributed by atoms with E-state index in [0.717, 1.165) is 19.3 Å². The van der Waals surface area contributed by atoms with Crippen LogP contribution in [0, 0.1) is 10.5 Å². The first-order valence-electron chi connectivity index (χ1n) is 8.99. The molecule has 4 aromatic rings. The predicted octanol–water partition coefficient (Wildman–Crippen LogP) is 4.83. The van der Waals surface area contributed by atoms with Gasteiger partial charge in [0, 0.05) is 31.7 Å². The Bertz CT molecular complexity index is 1360. The first kappa shape index (κ1) is 21.5. The van der Waals surface area contributed by atoms with Crippen LogP contribution in [-0.2, 0) is 0 Å². The van der Waals surface area contributed by atoms with Crippen LogP contribution < -0.4 is 16.2 Å². The lowest BCUT2D eigenvalue weighted by Gasteiger charge is -2.08. The molecular weight excluding hydrogens is 551 g/mol. The number of amides is 2. The molecule has 31 heavy (non-hydrogen) atoms. The zero-order valence-corrected chi connectivity index (χ0v) is 19.7. The number of nitrogens with one attached hydrogen (secondary N) is 2. The summed E-state index contributed by atoms with van der Waals surface area (Å²) in [7, 11) is 0. The number of nitrogens with zero attached hydrogens (tertiary/aromatic N) is 2. The molecule has 0 spiro atoms. The largest absolute Gasteiger partial charge is 0.321 e. The lowest BCUT2D eigenvalue weighted by atomic mass is 10.2. The number of thiazole rings is 1. The quantitative estimate of drug-likeness (QED) is 0.348. The molecule has 2 aromatic heterocycles. The van der Waals surface area contributed by atoms with E-state index in [2.05, 4.69) is 38.2 Å². The number of hydrogen-bond donors (Lipinski definition) is 2. The molecule has 0 saturated carbocycles. The third-order valence-corrected chi connectivity index (χ3v) is 6.28. The van der Waals surface area contributed by atoms with E-state index in [1.54, 1.807) is 43.3 Å².